The molecule has 0 spiro atoms. The van der Waals surface area contributed by atoms with Crippen molar-refractivity contribution in [3.05, 3.63) is 42.1 Å². The van der Waals surface area contributed by atoms with Crippen molar-refractivity contribution in [3.63, 3.8) is 0 Å². The lowest BCUT2D eigenvalue weighted by atomic mass is 9.78. The number of nitrogens with zero attached hydrogens (tertiary/aromatic N) is 2. The van der Waals surface area contributed by atoms with Gasteiger partial charge < -0.3 is 9.47 Å². The molecule has 24 heavy (non-hydrogen) atoms. The van der Waals surface area contributed by atoms with Crippen LogP contribution in [0.15, 0.2) is 36.4 Å². The molecule has 1 aliphatic rings. The highest BCUT2D eigenvalue weighted by molar-refractivity contribution is 5.35. The van der Waals surface area contributed by atoms with E-state index in [0.717, 1.165) is 23.7 Å². The first-order chi connectivity index (χ1) is 11.5. The molecule has 0 aliphatic carbocycles. The zero-order chi connectivity index (χ0) is 17.3. The van der Waals surface area contributed by atoms with E-state index in [9.17, 15) is 0 Å². The van der Waals surface area contributed by atoms with Crippen molar-refractivity contribution in [2.24, 2.45) is 17.8 Å². The highest BCUT2D eigenvalue weighted by Gasteiger charge is 2.39. The van der Waals surface area contributed by atoms with Crippen molar-refractivity contribution in [2.75, 3.05) is 0 Å². The predicted molar refractivity (Wildman–Crippen MR) is 95.4 cm³/mol. The highest BCUT2D eigenvalue weighted by Crippen LogP contribution is 2.37. The van der Waals surface area contributed by atoms with E-state index < -0.39 is 0 Å². The molecule has 2 aromatic rings. The smallest absolute Gasteiger partial charge is 0.219 e. The Bertz CT molecular complexity index is 666. The average molecular weight is 328 g/mol. The quantitative estimate of drug-likeness (QED) is 0.823. The van der Waals surface area contributed by atoms with E-state index in [-0.39, 0.29) is 12.4 Å². The molecule has 3 rings (SSSR count). The van der Waals surface area contributed by atoms with Crippen LogP contribution in [0.1, 0.15) is 39.8 Å². The summed E-state index contributed by atoms with van der Waals surface area (Å²) in [5.41, 5.74) is 1.93. The maximum absolute atomic E-state index is 6.30. The standard InChI is InChI=1S/C20H28N2O2/c1-6-18-15(4)14(3)16(5)20(23-18)24-19-12-13(2)21-22(19)17-10-8-7-9-11-17/h7-12,14-16,18,20H,6H2,1-5H3/t14-,15-,16+,18+,20?/m0/s1. The van der Waals surface area contributed by atoms with Crippen LogP contribution in [0.25, 0.3) is 5.69 Å². The Hall–Kier alpha value is -1.81. The molecule has 0 saturated carbocycles. The Morgan fingerprint density at radius 2 is 1.79 bits per heavy atom. The highest BCUT2D eigenvalue weighted by atomic mass is 16.7. The van der Waals surface area contributed by atoms with E-state index >= 15 is 0 Å². The topological polar surface area (TPSA) is 36.3 Å². The molecular formula is C20H28N2O2. The van der Waals surface area contributed by atoms with Gasteiger partial charge >= 0.3 is 0 Å². The Kier molecular flexibility index (Phi) is 4.95. The maximum atomic E-state index is 6.30. The second-order valence-corrected chi connectivity index (χ2v) is 7.02. The first-order valence-electron chi connectivity index (χ1n) is 8.95. The summed E-state index contributed by atoms with van der Waals surface area (Å²) < 4.78 is 14.4. The lowest BCUT2D eigenvalue weighted by Crippen LogP contribution is -2.47. The van der Waals surface area contributed by atoms with Crippen LogP contribution in [0, 0.1) is 24.7 Å². The fourth-order valence-corrected chi connectivity index (χ4v) is 3.52. The molecule has 0 bridgehead atoms. The molecule has 2 heterocycles. The molecule has 130 valence electrons. The largest absolute Gasteiger partial charge is 0.447 e. The van der Waals surface area contributed by atoms with Gasteiger partial charge in [-0.2, -0.15) is 5.10 Å². The molecule has 0 amide bonds. The molecule has 1 aromatic heterocycles. The second kappa shape index (κ2) is 6.98. The fraction of sp³-hybridized carbons (Fsp3) is 0.550. The van der Waals surface area contributed by atoms with E-state index in [1.807, 2.05) is 48.0 Å². The summed E-state index contributed by atoms with van der Waals surface area (Å²) in [7, 11) is 0. The molecule has 4 nitrogen and oxygen atoms in total. The SMILES string of the molecule is CC[C@H]1OC(Oc2cc(C)nn2-c2ccccc2)[C@H](C)[C@@H](C)[C@@H]1C. The maximum Gasteiger partial charge on any atom is 0.219 e. The molecule has 0 radical (unpaired) electrons. The van der Waals surface area contributed by atoms with E-state index in [2.05, 4.69) is 32.8 Å². The lowest BCUT2D eigenvalue weighted by molar-refractivity contribution is -0.213. The van der Waals surface area contributed by atoms with Gasteiger partial charge in [-0.3, -0.25) is 0 Å². The summed E-state index contributed by atoms with van der Waals surface area (Å²) in [6, 6.07) is 12.1. The minimum absolute atomic E-state index is 0.236. The molecule has 4 heteroatoms. The van der Waals surface area contributed by atoms with Crippen LogP contribution in [0.3, 0.4) is 0 Å². The number of rotatable bonds is 4. The second-order valence-electron chi connectivity index (χ2n) is 7.02. The van der Waals surface area contributed by atoms with E-state index in [0.29, 0.717) is 17.8 Å². The van der Waals surface area contributed by atoms with Crippen molar-refractivity contribution < 1.29 is 9.47 Å². The van der Waals surface area contributed by atoms with Crippen LogP contribution in [0.4, 0.5) is 0 Å². The number of hydrogen-bond acceptors (Lipinski definition) is 3. The molecule has 1 saturated heterocycles. The fourth-order valence-electron chi connectivity index (χ4n) is 3.52. The number of hydrogen-bond donors (Lipinski definition) is 0. The molecule has 1 aromatic carbocycles. The Morgan fingerprint density at radius 1 is 1.08 bits per heavy atom. The van der Waals surface area contributed by atoms with Crippen molar-refractivity contribution in [1.82, 2.24) is 9.78 Å². The minimum atomic E-state index is -0.236. The van der Waals surface area contributed by atoms with Gasteiger partial charge in [-0.15, -0.1) is 0 Å². The van der Waals surface area contributed by atoms with Crippen LogP contribution >= 0.6 is 0 Å². The van der Waals surface area contributed by atoms with Gasteiger partial charge in [0.15, 0.2) is 0 Å². The van der Waals surface area contributed by atoms with Gasteiger partial charge in [-0.1, -0.05) is 45.9 Å². The van der Waals surface area contributed by atoms with Crippen LogP contribution in [0.2, 0.25) is 0 Å². The first-order valence-corrected chi connectivity index (χ1v) is 8.95. The number of aromatic nitrogens is 2. The normalized spacial score (nSPS) is 30.3. The van der Waals surface area contributed by atoms with Crippen molar-refractivity contribution in [3.8, 4) is 11.6 Å². The number of ether oxygens (including phenoxy) is 2. The number of aryl methyl sites for hydroxylation is 1. The number of benzene rings is 1. The Morgan fingerprint density at radius 3 is 2.46 bits per heavy atom. The Balaban J connectivity index is 1.86. The van der Waals surface area contributed by atoms with Crippen LogP contribution in [0.5, 0.6) is 5.88 Å². The summed E-state index contributed by atoms with van der Waals surface area (Å²) in [5, 5.41) is 4.58. The summed E-state index contributed by atoms with van der Waals surface area (Å²) in [4.78, 5) is 0. The van der Waals surface area contributed by atoms with Crippen molar-refractivity contribution in [1.29, 1.82) is 0 Å². The van der Waals surface area contributed by atoms with E-state index in [1.165, 1.54) is 0 Å². The van der Waals surface area contributed by atoms with E-state index in [1.54, 1.807) is 0 Å². The Labute approximate surface area is 144 Å². The van der Waals surface area contributed by atoms with Crippen molar-refractivity contribution >= 4 is 0 Å². The van der Waals surface area contributed by atoms with Gasteiger partial charge in [0.25, 0.3) is 0 Å². The minimum Gasteiger partial charge on any atom is -0.447 e. The van der Waals surface area contributed by atoms with Gasteiger partial charge in [-0.25, -0.2) is 4.68 Å². The molecular weight excluding hydrogens is 300 g/mol. The summed E-state index contributed by atoms with van der Waals surface area (Å²) in [6.45, 7) is 11.0. The van der Waals surface area contributed by atoms with Gasteiger partial charge in [-0.05, 0) is 37.3 Å². The third kappa shape index (κ3) is 3.20. The zero-order valence-corrected chi connectivity index (χ0v) is 15.3. The van der Waals surface area contributed by atoms with E-state index in [4.69, 9.17) is 9.47 Å². The summed E-state index contributed by atoms with van der Waals surface area (Å²) >= 11 is 0. The molecule has 5 atom stereocenters. The number of para-hydroxylation sites is 1. The molecule has 0 N–H and O–H groups in total. The monoisotopic (exact) mass is 328 g/mol. The van der Waals surface area contributed by atoms with Crippen molar-refractivity contribution in [2.45, 2.75) is 53.4 Å². The molecule has 1 fully saturated rings. The van der Waals surface area contributed by atoms with Crippen LogP contribution in [-0.2, 0) is 4.74 Å². The molecule has 1 unspecified atom stereocenters. The summed E-state index contributed by atoms with van der Waals surface area (Å²) in [5.74, 6) is 2.18. The average Bonchev–Trinajstić information content (AvgIpc) is 2.96. The predicted octanol–water partition coefficient (Wildman–Crippen LogP) is 4.60. The lowest BCUT2D eigenvalue weighted by Gasteiger charge is -2.43. The van der Waals surface area contributed by atoms with Gasteiger partial charge in [0.2, 0.25) is 12.2 Å². The first kappa shape index (κ1) is 17.0. The van der Waals surface area contributed by atoms with Crippen LogP contribution in [-0.4, -0.2) is 22.2 Å². The third-order valence-electron chi connectivity index (χ3n) is 5.42. The van der Waals surface area contributed by atoms with Gasteiger partial charge in [0.05, 0.1) is 17.5 Å². The van der Waals surface area contributed by atoms with Gasteiger partial charge in [0.1, 0.15) is 0 Å². The van der Waals surface area contributed by atoms with Gasteiger partial charge in [0, 0.05) is 12.0 Å². The summed E-state index contributed by atoms with van der Waals surface area (Å²) in [6.07, 6.45) is 1.02. The van der Waals surface area contributed by atoms with Crippen LogP contribution < -0.4 is 4.74 Å². The molecule has 1 aliphatic heterocycles. The third-order valence-corrected chi connectivity index (χ3v) is 5.42. The zero-order valence-electron chi connectivity index (χ0n) is 15.3.